The number of benzene rings is 1. The smallest absolute Gasteiger partial charge is 0.163 e. The number of hydrogen-bond acceptors (Lipinski definition) is 6. The van der Waals surface area contributed by atoms with Crippen LogP contribution < -0.4 is 5.32 Å². The lowest BCUT2D eigenvalue weighted by Crippen LogP contribution is -2.44. The van der Waals surface area contributed by atoms with Gasteiger partial charge in [-0.2, -0.15) is 5.26 Å². The SMILES string of the molecule is CC1(C)OC2C(COCc3ccccc3)NC(C(C#N)C=O)C2O1. The van der Waals surface area contributed by atoms with Gasteiger partial charge in [-0.25, -0.2) is 0 Å². The molecule has 128 valence electrons. The molecule has 6 heteroatoms. The highest BCUT2D eigenvalue weighted by Gasteiger charge is 2.55. The Morgan fingerprint density at radius 3 is 2.71 bits per heavy atom. The van der Waals surface area contributed by atoms with Crippen LogP contribution in [0.3, 0.4) is 0 Å². The highest BCUT2D eigenvalue weighted by Crippen LogP contribution is 2.37. The Bertz CT molecular complexity index is 613. The van der Waals surface area contributed by atoms with Crippen LogP contribution in [0, 0.1) is 17.2 Å². The number of carbonyl (C=O) groups excluding carboxylic acids is 1. The van der Waals surface area contributed by atoms with Gasteiger partial charge < -0.3 is 24.3 Å². The topological polar surface area (TPSA) is 80.6 Å². The molecule has 1 N–H and O–H groups in total. The van der Waals surface area contributed by atoms with E-state index in [2.05, 4.69) is 5.32 Å². The number of nitrogens with zero attached hydrogens (tertiary/aromatic N) is 1. The van der Waals surface area contributed by atoms with Crippen molar-refractivity contribution >= 4 is 6.29 Å². The molecular formula is C18H22N2O4. The second kappa shape index (κ2) is 6.99. The van der Waals surface area contributed by atoms with E-state index in [1.807, 2.05) is 50.2 Å². The summed E-state index contributed by atoms with van der Waals surface area (Å²) in [5, 5.41) is 12.5. The molecule has 2 saturated heterocycles. The van der Waals surface area contributed by atoms with E-state index in [9.17, 15) is 10.1 Å². The van der Waals surface area contributed by atoms with Crippen LogP contribution >= 0.6 is 0 Å². The minimum Gasteiger partial charge on any atom is -0.375 e. The van der Waals surface area contributed by atoms with Crippen molar-refractivity contribution in [3.8, 4) is 6.07 Å². The quantitative estimate of drug-likeness (QED) is 0.794. The van der Waals surface area contributed by atoms with Gasteiger partial charge in [0.1, 0.15) is 24.4 Å². The molecule has 2 aliphatic heterocycles. The molecule has 0 bridgehead atoms. The Morgan fingerprint density at radius 2 is 2.04 bits per heavy atom. The summed E-state index contributed by atoms with van der Waals surface area (Å²) in [5.74, 6) is -1.50. The van der Waals surface area contributed by atoms with E-state index >= 15 is 0 Å². The van der Waals surface area contributed by atoms with Crippen molar-refractivity contribution in [2.45, 2.75) is 50.5 Å². The second-order valence-electron chi connectivity index (χ2n) is 6.66. The summed E-state index contributed by atoms with van der Waals surface area (Å²) in [6, 6.07) is 11.4. The monoisotopic (exact) mass is 330 g/mol. The predicted octanol–water partition coefficient (Wildman–Crippen LogP) is 1.40. The highest BCUT2D eigenvalue weighted by atomic mass is 16.8. The van der Waals surface area contributed by atoms with Crippen molar-refractivity contribution in [3.63, 3.8) is 0 Å². The Morgan fingerprint density at radius 1 is 1.33 bits per heavy atom. The van der Waals surface area contributed by atoms with Crippen molar-refractivity contribution in [1.29, 1.82) is 5.26 Å². The van der Waals surface area contributed by atoms with E-state index in [4.69, 9.17) is 14.2 Å². The van der Waals surface area contributed by atoms with Crippen LogP contribution in [0.15, 0.2) is 30.3 Å². The fourth-order valence-corrected chi connectivity index (χ4v) is 3.37. The maximum atomic E-state index is 11.2. The fourth-order valence-electron chi connectivity index (χ4n) is 3.37. The van der Waals surface area contributed by atoms with Crippen molar-refractivity contribution in [2.24, 2.45) is 5.92 Å². The Kier molecular flexibility index (Phi) is 4.97. The second-order valence-corrected chi connectivity index (χ2v) is 6.66. The minimum absolute atomic E-state index is 0.124. The standard InChI is InChI=1S/C18H22N2O4/c1-18(2)23-16-14(11-22-10-12-6-4-3-5-7-12)20-15(17(16)24-18)13(8-19)9-21/h3-7,9,13-17,20H,10-11H2,1-2H3. The molecular weight excluding hydrogens is 308 g/mol. The fraction of sp³-hybridized carbons (Fsp3) is 0.556. The number of ether oxygens (including phenoxy) is 3. The maximum Gasteiger partial charge on any atom is 0.163 e. The number of hydrogen-bond donors (Lipinski definition) is 1. The first-order valence-electron chi connectivity index (χ1n) is 8.12. The molecule has 0 aromatic heterocycles. The molecule has 6 nitrogen and oxygen atoms in total. The summed E-state index contributed by atoms with van der Waals surface area (Å²) in [7, 11) is 0. The summed E-state index contributed by atoms with van der Waals surface area (Å²) < 4.78 is 17.7. The molecule has 2 aliphatic rings. The molecule has 2 heterocycles. The lowest BCUT2D eigenvalue weighted by atomic mass is 9.98. The van der Waals surface area contributed by atoms with Gasteiger partial charge >= 0.3 is 0 Å². The lowest BCUT2D eigenvalue weighted by Gasteiger charge is -2.25. The van der Waals surface area contributed by atoms with Gasteiger partial charge in [0.05, 0.1) is 31.4 Å². The summed E-state index contributed by atoms with van der Waals surface area (Å²) in [4.78, 5) is 11.2. The molecule has 5 atom stereocenters. The molecule has 1 aromatic rings. The van der Waals surface area contributed by atoms with Crippen LogP contribution in [0.4, 0.5) is 0 Å². The van der Waals surface area contributed by atoms with E-state index < -0.39 is 11.7 Å². The number of nitrogens with one attached hydrogen (secondary N) is 1. The Balaban J connectivity index is 1.65. The van der Waals surface area contributed by atoms with Gasteiger partial charge in [0.2, 0.25) is 0 Å². The molecule has 2 fully saturated rings. The third-order valence-electron chi connectivity index (χ3n) is 4.41. The van der Waals surface area contributed by atoms with Crippen LogP contribution in [0.1, 0.15) is 19.4 Å². The first kappa shape index (κ1) is 17.1. The van der Waals surface area contributed by atoms with Crippen LogP contribution in [0.2, 0.25) is 0 Å². The van der Waals surface area contributed by atoms with E-state index in [0.717, 1.165) is 5.56 Å². The molecule has 0 spiro atoms. The normalized spacial score (nSPS) is 32.0. The van der Waals surface area contributed by atoms with Gasteiger partial charge in [-0.05, 0) is 19.4 Å². The van der Waals surface area contributed by atoms with Gasteiger partial charge in [0.15, 0.2) is 5.79 Å². The highest BCUT2D eigenvalue weighted by molar-refractivity contribution is 5.59. The predicted molar refractivity (Wildman–Crippen MR) is 85.8 cm³/mol. The number of rotatable bonds is 6. The summed E-state index contributed by atoms with van der Waals surface area (Å²) in [6.07, 6.45) is 0.0909. The average molecular weight is 330 g/mol. The first-order valence-corrected chi connectivity index (χ1v) is 8.12. The lowest BCUT2D eigenvalue weighted by molar-refractivity contribution is -0.159. The van der Waals surface area contributed by atoms with Crippen LogP contribution in [-0.2, 0) is 25.6 Å². The Hall–Kier alpha value is -1.78. The van der Waals surface area contributed by atoms with Crippen molar-refractivity contribution in [1.82, 2.24) is 5.32 Å². The summed E-state index contributed by atoms with van der Waals surface area (Å²) in [6.45, 7) is 4.60. The van der Waals surface area contributed by atoms with E-state index in [1.165, 1.54) is 0 Å². The molecule has 5 unspecified atom stereocenters. The molecule has 0 radical (unpaired) electrons. The van der Waals surface area contributed by atoms with Gasteiger partial charge in [-0.3, -0.25) is 0 Å². The number of aldehydes is 1. The van der Waals surface area contributed by atoms with Crippen molar-refractivity contribution in [2.75, 3.05) is 6.61 Å². The number of nitriles is 1. The number of carbonyl (C=O) groups is 1. The van der Waals surface area contributed by atoms with Gasteiger partial charge in [-0.1, -0.05) is 30.3 Å². The third kappa shape index (κ3) is 3.50. The molecule has 0 amide bonds. The zero-order valence-electron chi connectivity index (χ0n) is 13.8. The zero-order valence-corrected chi connectivity index (χ0v) is 13.8. The van der Waals surface area contributed by atoms with Crippen molar-refractivity contribution in [3.05, 3.63) is 35.9 Å². The van der Waals surface area contributed by atoms with E-state index in [-0.39, 0.29) is 24.3 Å². The van der Waals surface area contributed by atoms with Gasteiger partial charge in [0, 0.05) is 0 Å². The average Bonchev–Trinajstić information content (AvgIpc) is 3.04. The largest absolute Gasteiger partial charge is 0.375 e. The van der Waals surface area contributed by atoms with Crippen LogP contribution in [0.5, 0.6) is 0 Å². The summed E-state index contributed by atoms with van der Waals surface area (Å²) in [5.41, 5.74) is 1.09. The third-order valence-corrected chi connectivity index (χ3v) is 4.41. The first-order chi connectivity index (χ1) is 11.5. The number of fused-ring (bicyclic) bond motifs is 1. The Labute approximate surface area is 141 Å². The zero-order chi connectivity index (χ0) is 17.2. The van der Waals surface area contributed by atoms with E-state index in [1.54, 1.807) is 0 Å². The van der Waals surface area contributed by atoms with Gasteiger partial charge in [-0.15, -0.1) is 0 Å². The van der Waals surface area contributed by atoms with Crippen LogP contribution in [-0.4, -0.2) is 43.0 Å². The van der Waals surface area contributed by atoms with Gasteiger partial charge in [0.25, 0.3) is 0 Å². The maximum absolute atomic E-state index is 11.2. The van der Waals surface area contributed by atoms with Crippen LogP contribution in [0.25, 0.3) is 0 Å². The summed E-state index contributed by atoms with van der Waals surface area (Å²) >= 11 is 0. The van der Waals surface area contributed by atoms with Crippen molar-refractivity contribution < 1.29 is 19.0 Å². The molecule has 3 rings (SSSR count). The van der Waals surface area contributed by atoms with E-state index in [0.29, 0.717) is 19.5 Å². The molecule has 0 saturated carbocycles. The molecule has 1 aromatic carbocycles. The minimum atomic E-state index is -0.769. The molecule has 24 heavy (non-hydrogen) atoms. The molecule has 0 aliphatic carbocycles.